The Labute approximate surface area is 96.5 Å². The van der Waals surface area contributed by atoms with Crippen molar-refractivity contribution in [3.8, 4) is 6.07 Å². The Kier molecular flexibility index (Phi) is 9.06. The molecular weight excluding hydrogens is 231 g/mol. The Bertz CT molecular complexity index is 244. The zero-order chi connectivity index (χ0) is 12.4. The zero-order valence-electron chi connectivity index (χ0n) is 9.47. The van der Waals surface area contributed by atoms with Crippen molar-refractivity contribution in [2.75, 3.05) is 26.4 Å². The summed E-state index contributed by atoms with van der Waals surface area (Å²) in [7, 11) is -1.07. The number of nitrogens with zero attached hydrogens (tertiary/aromatic N) is 1. The van der Waals surface area contributed by atoms with Crippen molar-refractivity contribution in [3.05, 3.63) is 0 Å². The van der Waals surface area contributed by atoms with E-state index >= 15 is 0 Å². The van der Waals surface area contributed by atoms with E-state index in [9.17, 15) is 9.90 Å². The Balaban J connectivity index is 3.47. The minimum atomic E-state index is -1.07. The van der Waals surface area contributed by atoms with Crippen LogP contribution < -0.4 is 5.32 Å². The fourth-order valence-electron chi connectivity index (χ4n) is 0.769. The van der Waals surface area contributed by atoms with E-state index in [1.54, 1.807) is 6.66 Å². The summed E-state index contributed by atoms with van der Waals surface area (Å²) in [5.74, 6) is -0.192. The predicted molar refractivity (Wildman–Crippen MR) is 59.7 cm³/mol. The quantitative estimate of drug-likeness (QED) is 0.478. The lowest BCUT2D eigenvalue weighted by molar-refractivity contribution is -0.119. The molecule has 1 amide bonds. The lowest BCUT2D eigenvalue weighted by Gasteiger charge is -2.15. The lowest BCUT2D eigenvalue weighted by atomic mass is 10.4. The second-order valence-corrected chi connectivity index (χ2v) is 4.46. The van der Waals surface area contributed by atoms with Crippen LogP contribution in [0.15, 0.2) is 0 Å². The van der Waals surface area contributed by atoms with E-state index in [2.05, 4.69) is 5.32 Å². The molecule has 0 aliphatic carbocycles. The maximum Gasteiger partial charge on any atom is 0.216 e. The lowest BCUT2D eigenvalue weighted by Crippen LogP contribution is -2.32. The van der Waals surface area contributed by atoms with E-state index in [1.165, 1.54) is 6.92 Å². The van der Waals surface area contributed by atoms with E-state index in [1.807, 2.05) is 6.07 Å². The van der Waals surface area contributed by atoms with Crippen molar-refractivity contribution in [2.24, 2.45) is 0 Å². The van der Waals surface area contributed by atoms with Crippen molar-refractivity contribution in [1.29, 1.82) is 5.26 Å². The molecule has 7 heteroatoms. The summed E-state index contributed by atoms with van der Waals surface area (Å²) in [5.41, 5.74) is 0. The summed E-state index contributed by atoms with van der Waals surface area (Å²) in [6.07, 6.45) is -0.418. The summed E-state index contributed by atoms with van der Waals surface area (Å²) < 4.78 is 10.4. The van der Waals surface area contributed by atoms with Crippen LogP contribution in [0.4, 0.5) is 0 Å². The van der Waals surface area contributed by atoms with Gasteiger partial charge in [-0.15, -0.1) is 0 Å². The van der Waals surface area contributed by atoms with Gasteiger partial charge in [-0.3, -0.25) is 4.79 Å². The first-order valence-electron chi connectivity index (χ1n) is 4.85. The van der Waals surface area contributed by atoms with Gasteiger partial charge in [0.2, 0.25) is 5.91 Å². The van der Waals surface area contributed by atoms with Gasteiger partial charge in [0.15, 0.2) is 8.38 Å². The number of nitriles is 1. The Morgan fingerprint density at radius 2 is 2.31 bits per heavy atom. The van der Waals surface area contributed by atoms with Crippen molar-refractivity contribution < 1.29 is 18.9 Å². The smallest absolute Gasteiger partial charge is 0.216 e. The molecule has 0 radical (unpaired) electrons. The Morgan fingerprint density at radius 3 is 2.88 bits per heavy atom. The third kappa shape index (κ3) is 9.81. The molecule has 0 aromatic carbocycles. The van der Waals surface area contributed by atoms with Crippen LogP contribution in [0.5, 0.6) is 0 Å². The molecule has 0 spiro atoms. The third-order valence-corrected chi connectivity index (χ3v) is 2.58. The highest BCUT2D eigenvalue weighted by Crippen LogP contribution is 2.33. The fourth-order valence-corrected chi connectivity index (χ4v) is 1.57. The predicted octanol–water partition coefficient (Wildman–Crippen LogP) is 0.372. The van der Waals surface area contributed by atoms with Gasteiger partial charge in [0.1, 0.15) is 0 Å². The summed E-state index contributed by atoms with van der Waals surface area (Å²) >= 11 is 0. The number of nitrogens with one attached hydrogen (secondary N) is 1. The average Bonchev–Trinajstić information content (AvgIpc) is 2.24. The van der Waals surface area contributed by atoms with Crippen molar-refractivity contribution in [1.82, 2.24) is 5.32 Å². The Hall–Kier alpha value is -0.730. The van der Waals surface area contributed by atoms with Gasteiger partial charge in [0.05, 0.1) is 31.8 Å². The van der Waals surface area contributed by atoms with Gasteiger partial charge < -0.3 is 19.5 Å². The SMILES string of the molecule is CC(=O)NCC(O)COP(C)OCCC#N. The van der Waals surface area contributed by atoms with Gasteiger partial charge in [0, 0.05) is 20.1 Å². The summed E-state index contributed by atoms with van der Waals surface area (Å²) in [4.78, 5) is 10.5. The fraction of sp³-hybridized carbons (Fsp3) is 0.778. The monoisotopic (exact) mass is 248 g/mol. The number of amides is 1. The van der Waals surface area contributed by atoms with Gasteiger partial charge in [-0.1, -0.05) is 0 Å². The molecule has 16 heavy (non-hydrogen) atoms. The highest BCUT2D eigenvalue weighted by atomic mass is 31.2. The molecule has 0 aromatic heterocycles. The minimum absolute atomic E-state index is 0.106. The maximum atomic E-state index is 10.5. The molecule has 2 N–H and O–H groups in total. The van der Waals surface area contributed by atoms with Gasteiger partial charge in [-0.25, -0.2) is 0 Å². The zero-order valence-corrected chi connectivity index (χ0v) is 10.4. The van der Waals surface area contributed by atoms with Crippen LogP contribution in [0.3, 0.4) is 0 Å². The van der Waals surface area contributed by atoms with E-state index in [4.69, 9.17) is 14.3 Å². The molecule has 0 fully saturated rings. The second-order valence-electron chi connectivity index (χ2n) is 3.07. The third-order valence-electron chi connectivity index (χ3n) is 1.52. The normalized spacial score (nSPS) is 13.9. The van der Waals surface area contributed by atoms with Crippen molar-refractivity contribution in [2.45, 2.75) is 19.4 Å². The molecule has 6 nitrogen and oxygen atoms in total. The first kappa shape index (κ1) is 15.3. The largest absolute Gasteiger partial charge is 0.389 e. The molecule has 0 saturated heterocycles. The molecule has 0 bridgehead atoms. The van der Waals surface area contributed by atoms with Crippen LogP contribution in [0, 0.1) is 11.3 Å². The van der Waals surface area contributed by atoms with Crippen LogP contribution in [-0.4, -0.2) is 43.5 Å². The van der Waals surface area contributed by atoms with Crippen LogP contribution in [0.2, 0.25) is 0 Å². The standard InChI is InChI=1S/C9H17N2O4P/c1-8(12)11-6-9(13)7-15-16(2)14-5-3-4-10/h9,13H,3,5-7H2,1-2H3,(H,11,12). The highest BCUT2D eigenvalue weighted by Gasteiger charge is 2.09. The summed E-state index contributed by atoms with van der Waals surface area (Å²) in [6.45, 7) is 3.73. The molecule has 0 saturated carbocycles. The second kappa shape index (κ2) is 9.49. The molecule has 2 unspecified atom stereocenters. The van der Waals surface area contributed by atoms with Crippen LogP contribution in [0.1, 0.15) is 13.3 Å². The van der Waals surface area contributed by atoms with Crippen LogP contribution >= 0.6 is 8.38 Å². The maximum absolute atomic E-state index is 10.5. The first-order valence-corrected chi connectivity index (χ1v) is 6.47. The number of carbonyl (C=O) groups excluding carboxylic acids is 1. The average molecular weight is 248 g/mol. The number of carbonyl (C=O) groups is 1. The van der Waals surface area contributed by atoms with Gasteiger partial charge in [-0.05, 0) is 0 Å². The molecule has 0 aromatic rings. The van der Waals surface area contributed by atoms with E-state index in [0.29, 0.717) is 13.0 Å². The van der Waals surface area contributed by atoms with Crippen LogP contribution in [-0.2, 0) is 13.8 Å². The van der Waals surface area contributed by atoms with Crippen molar-refractivity contribution in [3.63, 3.8) is 0 Å². The van der Waals surface area contributed by atoms with E-state index < -0.39 is 14.5 Å². The topological polar surface area (TPSA) is 91.6 Å². The molecule has 0 heterocycles. The van der Waals surface area contributed by atoms with Gasteiger partial charge in [0.25, 0.3) is 0 Å². The molecule has 0 rings (SSSR count). The van der Waals surface area contributed by atoms with Gasteiger partial charge in [-0.2, -0.15) is 5.26 Å². The molecule has 0 aliphatic rings. The highest BCUT2D eigenvalue weighted by molar-refractivity contribution is 7.46. The molecule has 2 atom stereocenters. The van der Waals surface area contributed by atoms with E-state index in [0.717, 1.165) is 0 Å². The minimum Gasteiger partial charge on any atom is -0.389 e. The van der Waals surface area contributed by atoms with Crippen LogP contribution in [0.25, 0.3) is 0 Å². The molecule has 0 aliphatic heterocycles. The van der Waals surface area contributed by atoms with Gasteiger partial charge >= 0.3 is 0 Å². The number of hydrogen-bond donors (Lipinski definition) is 2. The Morgan fingerprint density at radius 1 is 1.62 bits per heavy atom. The number of rotatable bonds is 8. The summed E-state index contributed by atoms with van der Waals surface area (Å²) in [5, 5.41) is 20.1. The summed E-state index contributed by atoms with van der Waals surface area (Å²) in [6, 6.07) is 1.95. The molecule has 92 valence electrons. The number of aliphatic hydroxyl groups is 1. The molecular formula is C9H17N2O4P. The number of aliphatic hydroxyl groups excluding tert-OH is 1. The van der Waals surface area contributed by atoms with Crippen molar-refractivity contribution >= 4 is 14.3 Å². The van der Waals surface area contributed by atoms with E-state index in [-0.39, 0.29) is 19.1 Å². The first-order chi connectivity index (χ1) is 7.56. The number of hydrogen-bond acceptors (Lipinski definition) is 5.